The van der Waals surface area contributed by atoms with Crippen LogP contribution in [-0.4, -0.2) is 5.11 Å². The van der Waals surface area contributed by atoms with Gasteiger partial charge in [-0.1, -0.05) is 42.5 Å². The average molecular weight is 289 g/mol. The molecule has 1 unspecified atom stereocenters. The van der Waals surface area contributed by atoms with Crippen molar-refractivity contribution in [3.8, 4) is 0 Å². The summed E-state index contributed by atoms with van der Waals surface area (Å²) in [6, 6.07) is 16.4. The van der Waals surface area contributed by atoms with Gasteiger partial charge in [0.15, 0.2) is 0 Å². The van der Waals surface area contributed by atoms with Gasteiger partial charge in [0.25, 0.3) is 0 Å². The lowest BCUT2D eigenvalue weighted by atomic mass is 9.93. The number of aliphatic hydroxyl groups is 1. The van der Waals surface area contributed by atoms with E-state index in [-0.39, 0.29) is 0 Å². The van der Waals surface area contributed by atoms with E-state index in [0.717, 1.165) is 35.2 Å². The fourth-order valence-electron chi connectivity index (χ4n) is 3.52. The van der Waals surface area contributed by atoms with Gasteiger partial charge in [0, 0.05) is 5.69 Å². The van der Waals surface area contributed by atoms with Gasteiger partial charge in [0.2, 0.25) is 0 Å². The zero-order valence-electron chi connectivity index (χ0n) is 12.6. The molecule has 22 heavy (non-hydrogen) atoms. The van der Waals surface area contributed by atoms with Crippen molar-refractivity contribution in [2.24, 2.45) is 0 Å². The highest BCUT2D eigenvalue weighted by molar-refractivity contribution is 5.93. The van der Waals surface area contributed by atoms with Gasteiger partial charge >= 0.3 is 0 Å². The quantitative estimate of drug-likeness (QED) is 0.703. The zero-order chi connectivity index (χ0) is 15.3. The maximum atomic E-state index is 10.9. The van der Waals surface area contributed by atoms with Crippen molar-refractivity contribution in [1.29, 1.82) is 0 Å². The molecule has 0 radical (unpaired) electrons. The van der Waals surface area contributed by atoms with Crippen LogP contribution < -0.4 is 5.73 Å². The number of aryl methyl sites for hydroxylation is 3. The lowest BCUT2D eigenvalue weighted by Crippen LogP contribution is -2.03. The molecular weight excluding hydrogens is 270 g/mol. The Morgan fingerprint density at radius 3 is 2.55 bits per heavy atom. The van der Waals surface area contributed by atoms with E-state index in [1.807, 2.05) is 25.1 Å². The van der Waals surface area contributed by atoms with Crippen molar-refractivity contribution >= 4 is 16.5 Å². The second kappa shape index (κ2) is 4.85. The van der Waals surface area contributed by atoms with Crippen molar-refractivity contribution in [2.75, 3.05) is 5.73 Å². The molecule has 3 N–H and O–H groups in total. The fourth-order valence-corrected chi connectivity index (χ4v) is 3.52. The Hall–Kier alpha value is -2.32. The Morgan fingerprint density at radius 2 is 1.77 bits per heavy atom. The summed E-state index contributed by atoms with van der Waals surface area (Å²) in [5, 5.41) is 13.4. The van der Waals surface area contributed by atoms with E-state index in [4.69, 9.17) is 5.73 Å². The molecule has 1 aliphatic rings. The number of anilines is 1. The van der Waals surface area contributed by atoms with Crippen LogP contribution in [0.1, 0.15) is 33.9 Å². The first-order valence-electron chi connectivity index (χ1n) is 7.72. The molecule has 0 aliphatic heterocycles. The summed E-state index contributed by atoms with van der Waals surface area (Å²) in [5.41, 5.74) is 12.4. The summed E-state index contributed by atoms with van der Waals surface area (Å²) in [6.07, 6.45) is 1.56. The largest absolute Gasteiger partial charge is 0.399 e. The van der Waals surface area contributed by atoms with Crippen molar-refractivity contribution in [1.82, 2.24) is 0 Å². The minimum absolute atomic E-state index is 0.646. The molecule has 0 saturated heterocycles. The lowest BCUT2D eigenvalue weighted by Gasteiger charge is -2.16. The van der Waals surface area contributed by atoms with Gasteiger partial charge in [-0.15, -0.1) is 0 Å². The third-order valence-electron chi connectivity index (χ3n) is 4.82. The van der Waals surface area contributed by atoms with Crippen molar-refractivity contribution < 1.29 is 5.11 Å². The van der Waals surface area contributed by atoms with Crippen molar-refractivity contribution in [2.45, 2.75) is 25.9 Å². The van der Waals surface area contributed by atoms with Gasteiger partial charge in [-0.25, -0.2) is 0 Å². The number of rotatable bonds is 2. The Morgan fingerprint density at radius 1 is 1.00 bits per heavy atom. The Kier molecular flexibility index (Phi) is 2.95. The van der Waals surface area contributed by atoms with E-state index in [0.29, 0.717) is 0 Å². The van der Waals surface area contributed by atoms with E-state index < -0.39 is 6.10 Å². The molecule has 0 bridgehead atoms. The summed E-state index contributed by atoms with van der Waals surface area (Å²) in [4.78, 5) is 0. The van der Waals surface area contributed by atoms with E-state index >= 15 is 0 Å². The maximum Gasteiger partial charge on any atom is 0.105 e. The van der Waals surface area contributed by atoms with Crippen LogP contribution in [0.3, 0.4) is 0 Å². The highest BCUT2D eigenvalue weighted by atomic mass is 16.3. The van der Waals surface area contributed by atoms with Gasteiger partial charge in [-0.3, -0.25) is 0 Å². The number of nitrogen functional groups attached to an aromatic ring is 1. The first-order chi connectivity index (χ1) is 10.6. The first-order valence-corrected chi connectivity index (χ1v) is 7.72. The molecule has 0 aromatic heterocycles. The van der Waals surface area contributed by atoms with Gasteiger partial charge in [0.1, 0.15) is 6.10 Å². The smallest absolute Gasteiger partial charge is 0.105 e. The first kappa shape index (κ1) is 13.4. The molecule has 110 valence electrons. The second-order valence-electron chi connectivity index (χ2n) is 6.17. The van der Waals surface area contributed by atoms with Gasteiger partial charge in [-0.05, 0) is 64.4 Å². The van der Waals surface area contributed by atoms with E-state index in [2.05, 4.69) is 30.3 Å². The zero-order valence-corrected chi connectivity index (χ0v) is 12.6. The highest BCUT2D eigenvalue weighted by Gasteiger charge is 2.20. The van der Waals surface area contributed by atoms with Crippen molar-refractivity contribution in [3.63, 3.8) is 0 Å². The van der Waals surface area contributed by atoms with Crippen LogP contribution in [0.15, 0.2) is 48.5 Å². The van der Waals surface area contributed by atoms with Gasteiger partial charge < -0.3 is 10.8 Å². The molecule has 2 heteroatoms. The summed E-state index contributed by atoms with van der Waals surface area (Å²) in [6.45, 7) is 1.98. The molecule has 0 heterocycles. The summed E-state index contributed by atoms with van der Waals surface area (Å²) < 4.78 is 0. The third kappa shape index (κ3) is 1.92. The summed E-state index contributed by atoms with van der Waals surface area (Å²) >= 11 is 0. The van der Waals surface area contributed by atoms with Crippen LogP contribution >= 0.6 is 0 Å². The van der Waals surface area contributed by atoms with Crippen LogP contribution in [0.25, 0.3) is 10.8 Å². The summed E-state index contributed by atoms with van der Waals surface area (Å²) in [7, 11) is 0. The topological polar surface area (TPSA) is 46.2 Å². The van der Waals surface area contributed by atoms with Crippen LogP contribution in [0.5, 0.6) is 0 Å². The number of benzene rings is 3. The number of hydrogen-bond acceptors (Lipinski definition) is 2. The molecule has 3 aromatic rings. The lowest BCUT2D eigenvalue weighted by molar-refractivity contribution is 0.222. The molecule has 3 aromatic carbocycles. The molecule has 0 amide bonds. The minimum Gasteiger partial charge on any atom is -0.399 e. The van der Waals surface area contributed by atoms with Crippen LogP contribution in [0.4, 0.5) is 5.69 Å². The normalized spacial score (nSPS) is 14.5. The molecule has 2 nitrogen and oxygen atoms in total. The van der Waals surface area contributed by atoms with E-state index in [9.17, 15) is 5.11 Å². The SMILES string of the molecule is Cc1ccc(C(O)c2ccc3c4c(cccc24)CC3)cc1N. The van der Waals surface area contributed by atoms with Crippen molar-refractivity contribution in [3.05, 3.63) is 76.3 Å². The van der Waals surface area contributed by atoms with Crippen LogP contribution in [0.2, 0.25) is 0 Å². The number of aliphatic hydroxyl groups excluding tert-OH is 1. The molecule has 0 spiro atoms. The minimum atomic E-state index is -0.646. The predicted molar refractivity (Wildman–Crippen MR) is 91.0 cm³/mol. The molecule has 0 fully saturated rings. The highest BCUT2D eigenvalue weighted by Crippen LogP contribution is 2.37. The van der Waals surface area contributed by atoms with Gasteiger partial charge in [-0.2, -0.15) is 0 Å². The molecule has 0 saturated carbocycles. The average Bonchev–Trinajstić information content (AvgIpc) is 2.95. The van der Waals surface area contributed by atoms with Gasteiger partial charge in [0.05, 0.1) is 0 Å². The molecule has 1 aliphatic carbocycles. The number of nitrogens with two attached hydrogens (primary N) is 1. The third-order valence-corrected chi connectivity index (χ3v) is 4.82. The predicted octanol–water partition coefficient (Wildman–Crippen LogP) is 3.91. The monoisotopic (exact) mass is 289 g/mol. The molecule has 1 atom stereocenters. The summed E-state index contributed by atoms with van der Waals surface area (Å²) in [5.74, 6) is 0. The van der Waals surface area contributed by atoms with E-state index in [1.54, 1.807) is 0 Å². The molecule has 4 rings (SSSR count). The maximum absolute atomic E-state index is 10.9. The number of hydrogen-bond donors (Lipinski definition) is 2. The Balaban J connectivity index is 1.89. The van der Waals surface area contributed by atoms with E-state index in [1.165, 1.54) is 21.9 Å². The van der Waals surface area contributed by atoms with Crippen LogP contribution in [-0.2, 0) is 12.8 Å². The molecular formula is C20H19NO. The van der Waals surface area contributed by atoms with Crippen LogP contribution in [0, 0.1) is 6.92 Å². The Labute approximate surface area is 130 Å². The second-order valence-corrected chi connectivity index (χ2v) is 6.17. The fraction of sp³-hybridized carbons (Fsp3) is 0.200. The Bertz CT molecular complexity index is 872. The standard InChI is InChI=1S/C20H19NO/c1-12-5-6-15(11-18(12)21)20(22)17-10-9-14-8-7-13-3-2-4-16(17)19(13)14/h2-6,9-11,20,22H,7-8,21H2,1H3.